The Morgan fingerprint density at radius 1 is 0.825 bits per heavy atom. The highest BCUT2D eigenvalue weighted by atomic mass is 16.5. The maximum absolute atomic E-state index is 13.5. The predicted octanol–water partition coefficient (Wildman–Crippen LogP) is 4.25. The molecule has 9 nitrogen and oxygen atoms in total. The number of rotatable bonds is 14. The quantitative estimate of drug-likeness (QED) is 0.267. The lowest BCUT2D eigenvalue weighted by atomic mass is 9.89. The molecule has 2 aromatic rings. The first-order valence-electron chi connectivity index (χ1n) is 13.6. The first-order valence-corrected chi connectivity index (χ1v) is 13.6. The standard InChI is InChI=1S/C31H41N3O6/c1-21(2)16-27(32-31(39)40-20-25-14-10-7-11-15-25)28(36)18-26(17-24-12-8-6-9-13-24)29(37)33-34(19-22(3)4)30(38)23(5)35/h6-15,21-22,26-27H,16-20H2,1-5H3,(H,32,39)(H,33,37)/t26-,27+/m1/s1. The topological polar surface area (TPSA) is 122 Å². The maximum atomic E-state index is 13.5. The number of ether oxygens (including phenoxy) is 1. The largest absolute Gasteiger partial charge is 0.445 e. The molecule has 0 aromatic heterocycles. The molecule has 0 heterocycles. The smallest absolute Gasteiger partial charge is 0.408 e. The van der Waals surface area contributed by atoms with Crippen LogP contribution in [-0.4, -0.2) is 47.1 Å². The van der Waals surface area contributed by atoms with Gasteiger partial charge in [-0.1, -0.05) is 88.4 Å². The summed E-state index contributed by atoms with van der Waals surface area (Å²) >= 11 is 0. The van der Waals surface area contributed by atoms with Gasteiger partial charge in [-0.25, -0.2) is 9.80 Å². The van der Waals surface area contributed by atoms with Crippen molar-refractivity contribution in [1.29, 1.82) is 0 Å². The zero-order valence-corrected chi connectivity index (χ0v) is 24.0. The molecule has 0 aliphatic heterocycles. The molecule has 0 saturated heterocycles. The van der Waals surface area contributed by atoms with Crippen LogP contribution in [0.2, 0.25) is 0 Å². The van der Waals surface area contributed by atoms with Crippen molar-refractivity contribution in [3.05, 3.63) is 71.8 Å². The number of carbonyl (C=O) groups is 5. The first kappa shape index (κ1) is 32.2. The second-order valence-corrected chi connectivity index (χ2v) is 10.8. The van der Waals surface area contributed by atoms with Gasteiger partial charge in [0, 0.05) is 19.9 Å². The van der Waals surface area contributed by atoms with Crippen LogP contribution in [0.15, 0.2) is 60.7 Å². The SMILES string of the molecule is CC(=O)C(=O)N(CC(C)C)NC(=O)[C@@H](CC(=O)[C@H](CC(C)C)NC(=O)OCc1ccccc1)Cc1ccccc1. The lowest BCUT2D eigenvalue weighted by Crippen LogP contribution is -2.52. The molecule has 2 aromatic carbocycles. The highest BCUT2D eigenvalue weighted by Crippen LogP contribution is 2.18. The Labute approximate surface area is 236 Å². The molecule has 0 aliphatic carbocycles. The lowest BCUT2D eigenvalue weighted by molar-refractivity contribution is -0.150. The summed E-state index contributed by atoms with van der Waals surface area (Å²) in [6, 6.07) is 17.6. The van der Waals surface area contributed by atoms with Gasteiger partial charge < -0.3 is 10.1 Å². The van der Waals surface area contributed by atoms with Crippen molar-refractivity contribution in [2.45, 2.75) is 66.5 Å². The number of hydrazine groups is 1. The van der Waals surface area contributed by atoms with Crippen molar-refractivity contribution in [3.63, 3.8) is 0 Å². The van der Waals surface area contributed by atoms with Gasteiger partial charge in [0.25, 0.3) is 0 Å². The maximum Gasteiger partial charge on any atom is 0.408 e. The fourth-order valence-corrected chi connectivity index (χ4v) is 4.15. The first-order chi connectivity index (χ1) is 19.0. The zero-order valence-electron chi connectivity index (χ0n) is 24.0. The van der Waals surface area contributed by atoms with E-state index in [1.165, 1.54) is 0 Å². The summed E-state index contributed by atoms with van der Waals surface area (Å²) in [5, 5.41) is 3.69. The predicted molar refractivity (Wildman–Crippen MR) is 152 cm³/mol. The average Bonchev–Trinajstić information content (AvgIpc) is 2.90. The van der Waals surface area contributed by atoms with Crippen molar-refractivity contribution in [2.24, 2.45) is 17.8 Å². The van der Waals surface area contributed by atoms with Gasteiger partial charge in [-0.3, -0.25) is 24.6 Å². The molecule has 0 radical (unpaired) electrons. The van der Waals surface area contributed by atoms with E-state index in [1.54, 1.807) is 0 Å². The van der Waals surface area contributed by atoms with E-state index in [9.17, 15) is 24.0 Å². The molecule has 0 unspecified atom stereocenters. The van der Waals surface area contributed by atoms with Crippen LogP contribution in [0.4, 0.5) is 4.79 Å². The van der Waals surface area contributed by atoms with Gasteiger partial charge >= 0.3 is 12.0 Å². The van der Waals surface area contributed by atoms with Gasteiger partial charge in [0.1, 0.15) is 6.61 Å². The second-order valence-electron chi connectivity index (χ2n) is 10.8. The van der Waals surface area contributed by atoms with Crippen LogP contribution in [0.1, 0.15) is 58.6 Å². The van der Waals surface area contributed by atoms with Crippen molar-refractivity contribution < 1.29 is 28.7 Å². The molecule has 2 N–H and O–H groups in total. The number of amides is 3. The molecule has 0 saturated carbocycles. The Hall–Kier alpha value is -4.01. The van der Waals surface area contributed by atoms with E-state index in [0.717, 1.165) is 23.1 Å². The molecule has 9 heteroatoms. The van der Waals surface area contributed by atoms with Crippen LogP contribution in [-0.2, 0) is 36.9 Å². The van der Waals surface area contributed by atoms with E-state index in [4.69, 9.17) is 4.74 Å². The highest BCUT2D eigenvalue weighted by molar-refractivity contribution is 6.35. The summed E-state index contributed by atoms with van der Waals surface area (Å²) in [7, 11) is 0. The summed E-state index contributed by atoms with van der Waals surface area (Å²) in [6.07, 6.45) is -0.306. The van der Waals surface area contributed by atoms with E-state index >= 15 is 0 Å². The van der Waals surface area contributed by atoms with E-state index in [0.29, 0.717) is 6.42 Å². The molecule has 3 amide bonds. The zero-order chi connectivity index (χ0) is 29.7. The number of Topliss-reactive ketones (excluding diaryl/α,β-unsaturated/α-hetero) is 2. The molecular weight excluding hydrogens is 510 g/mol. The molecule has 2 atom stereocenters. The number of nitrogens with one attached hydrogen (secondary N) is 2. The monoisotopic (exact) mass is 551 g/mol. The van der Waals surface area contributed by atoms with E-state index < -0.39 is 35.7 Å². The van der Waals surface area contributed by atoms with Crippen LogP contribution < -0.4 is 10.7 Å². The summed E-state index contributed by atoms with van der Waals surface area (Å²) in [6.45, 7) is 8.93. The summed E-state index contributed by atoms with van der Waals surface area (Å²) in [4.78, 5) is 63.8. The third-order valence-electron chi connectivity index (χ3n) is 6.08. The van der Waals surface area contributed by atoms with Crippen molar-refractivity contribution >= 4 is 29.5 Å². The van der Waals surface area contributed by atoms with E-state index in [-0.39, 0.29) is 43.6 Å². The van der Waals surface area contributed by atoms with Crippen molar-refractivity contribution in [1.82, 2.24) is 15.8 Å². The van der Waals surface area contributed by atoms with Crippen molar-refractivity contribution in [3.8, 4) is 0 Å². The molecule has 2 rings (SSSR count). The Morgan fingerprint density at radius 2 is 1.40 bits per heavy atom. The van der Waals surface area contributed by atoms with Gasteiger partial charge in [0.05, 0.1) is 12.0 Å². The molecule has 40 heavy (non-hydrogen) atoms. The van der Waals surface area contributed by atoms with Crippen LogP contribution in [0, 0.1) is 17.8 Å². The van der Waals surface area contributed by atoms with E-state index in [2.05, 4.69) is 10.7 Å². The Balaban J connectivity index is 2.20. The molecule has 0 fully saturated rings. The summed E-state index contributed by atoms with van der Waals surface area (Å²) in [5.41, 5.74) is 4.22. The minimum Gasteiger partial charge on any atom is -0.445 e. The van der Waals surface area contributed by atoms with Gasteiger partial charge in [0.2, 0.25) is 11.7 Å². The van der Waals surface area contributed by atoms with Crippen molar-refractivity contribution in [2.75, 3.05) is 6.54 Å². The van der Waals surface area contributed by atoms with Crippen LogP contribution in [0.3, 0.4) is 0 Å². The summed E-state index contributed by atoms with van der Waals surface area (Å²) < 4.78 is 5.32. The van der Waals surface area contributed by atoms with Gasteiger partial charge in [0.15, 0.2) is 5.78 Å². The molecular formula is C31H41N3O6. The normalized spacial score (nSPS) is 12.4. The molecule has 0 bridgehead atoms. The van der Waals surface area contributed by atoms with Crippen LogP contribution >= 0.6 is 0 Å². The molecule has 0 spiro atoms. The van der Waals surface area contributed by atoms with Crippen LogP contribution in [0.25, 0.3) is 0 Å². The van der Waals surface area contributed by atoms with Gasteiger partial charge in [-0.2, -0.15) is 0 Å². The minimum atomic E-state index is -0.861. The summed E-state index contributed by atoms with van der Waals surface area (Å²) in [5.74, 6) is -3.18. The number of alkyl carbamates (subject to hydrolysis) is 1. The fourth-order valence-electron chi connectivity index (χ4n) is 4.15. The second kappa shape index (κ2) is 16.2. The number of hydrogen-bond donors (Lipinski definition) is 2. The van der Waals surface area contributed by atoms with Crippen LogP contribution in [0.5, 0.6) is 0 Å². The number of ketones is 2. The highest BCUT2D eigenvalue weighted by Gasteiger charge is 2.31. The van der Waals surface area contributed by atoms with E-state index in [1.807, 2.05) is 88.4 Å². The lowest BCUT2D eigenvalue weighted by Gasteiger charge is -2.27. The number of hydrogen-bond acceptors (Lipinski definition) is 6. The molecule has 0 aliphatic rings. The average molecular weight is 552 g/mol. The Bertz CT molecular complexity index is 1130. The Morgan fingerprint density at radius 3 is 1.93 bits per heavy atom. The third-order valence-corrected chi connectivity index (χ3v) is 6.08. The number of nitrogens with zero attached hydrogens (tertiary/aromatic N) is 1. The molecule has 216 valence electrons. The Kier molecular flexibility index (Phi) is 13.0. The fraction of sp³-hybridized carbons (Fsp3) is 0.452. The minimum absolute atomic E-state index is 0.0145. The number of benzene rings is 2. The number of carbonyl (C=O) groups excluding carboxylic acids is 5. The van der Waals surface area contributed by atoms with Gasteiger partial charge in [-0.05, 0) is 35.8 Å². The van der Waals surface area contributed by atoms with Gasteiger partial charge in [-0.15, -0.1) is 0 Å². The third kappa shape index (κ3) is 11.4.